The van der Waals surface area contributed by atoms with Crippen LogP contribution in [0.25, 0.3) is 0 Å². The highest BCUT2D eigenvalue weighted by Crippen LogP contribution is 2.43. The van der Waals surface area contributed by atoms with Gasteiger partial charge in [-0.3, -0.25) is 0 Å². The molecular formula is C43H106. The van der Waals surface area contributed by atoms with Gasteiger partial charge in [0.2, 0.25) is 0 Å². The first kappa shape index (κ1) is 69.7. The predicted octanol–water partition coefficient (Wildman–Crippen LogP) is 18.1. The van der Waals surface area contributed by atoms with Crippen LogP contribution in [0.3, 0.4) is 0 Å². The van der Waals surface area contributed by atoms with Gasteiger partial charge in [-0.05, 0) is 66.6 Å². The Morgan fingerprint density at radius 3 is 0.628 bits per heavy atom. The normalized spacial score (nSPS) is 30.3. The molecule has 0 aliphatic heterocycles. The third-order valence-electron chi connectivity index (χ3n) is 10.6. The van der Waals surface area contributed by atoms with Crippen molar-refractivity contribution in [3.63, 3.8) is 0 Å². The SMILES string of the molecule is C.C.C.C.C.C.C.C.C.C.C.C.C.CCC1CCC(CC2CCC(CC3CCC(CC4CCC(C)CC4)CC3)CC2)CC1. The first-order chi connectivity index (χ1) is 14.7. The van der Waals surface area contributed by atoms with E-state index in [0.717, 1.165) is 47.3 Å². The molecule has 0 aromatic heterocycles. The predicted molar refractivity (Wildman–Crippen MR) is 219 cm³/mol. The quantitative estimate of drug-likeness (QED) is 0.265. The van der Waals surface area contributed by atoms with E-state index < -0.39 is 0 Å². The molecule has 0 heteroatoms. The molecule has 4 fully saturated rings. The van der Waals surface area contributed by atoms with Crippen molar-refractivity contribution < 1.29 is 0 Å². The second-order valence-electron chi connectivity index (χ2n) is 12.9. The second kappa shape index (κ2) is 36.5. The van der Waals surface area contributed by atoms with Gasteiger partial charge in [0.25, 0.3) is 0 Å². The Balaban J connectivity index is -0.000000105. The molecule has 0 aromatic carbocycles. The van der Waals surface area contributed by atoms with Crippen LogP contribution >= 0.6 is 0 Å². The zero-order valence-electron chi connectivity index (χ0n) is 20.8. The molecule has 0 unspecified atom stereocenters. The lowest BCUT2D eigenvalue weighted by Gasteiger charge is -2.37. The summed E-state index contributed by atoms with van der Waals surface area (Å²) in [6.07, 6.45) is 31.1. The highest BCUT2D eigenvalue weighted by atomic mass is 14.4. The molecule has 0 spiro atoms. The van der Waals surface area contributed by atoms with Gasteiger partial charge in [-0.2, -0.15) is 0 Å². The maximum absolute atomic E-state index is 2.46. The lowest BCUT2D eigenvalue weighted by molar-refractivity contribution is 0.153. The van der Waals surface area contributed by atoms with Crippen molar-refractivity contribution >= 4 is 0 Å². The summed E-state index contributed by atoms with van der Waals surface area (Å²) in [6.45, 7) is 4.86. The largest absolute Gasteiger partial charge is 0.0776 e. The molecule has 4 rings (SSSR count). The van der Waals surface area contributed by atoms with E-state index in [-0.39, 0.29) is 96.5 Å². The molecule has 278 valence electrons. The molecule has 0 bridgehead atoms. The average Bonchev–Trinajstić information content (AvgIpc) is 2.78. The molecule has 43 heavy (non-hydrogen) atoms. The topological polar surface area (TPSA) is 0 Å². The first-order valence-electron chi connectivity index (χ1n) is 14.7. The summed E-state index contributed by atoms with van der Waals surface area (Å²) in [5.41, 5.74) is 0. The van der Waals surface area contributed by atoms with E-state index in [2.05, 4.69) is 13.8 Å². The summed E-state index contributed by atoms with van der Waals surface area (Å²) in [6, 6.07) is 0. The highest BCUT2D eigenvalue weighted by molar-refractivity contribution is 4.82. The zero-order valence-corrected chi connectivity index (χ0v) is 20.8. The van der Waals surface area contributed by atoms with Crippen LogP contribution in [0.4, 0.5) is 0 Å². The van der Waals surface area contributed by atoms with Gasteiger partial charge in [0.1, 0.15) is 0 Å². The molecule has 0 atom stereocenters. The van der Waals surface area contributed by atoms with Crippen molar-refractivity contribution in [1.29, 1.82) is 0 Å². The van der Waals surface area contributed by atoms with Crippen LogP contribution in [0.1, 0.15) is 239 Å². The van der Waals surface area contributed by atoms with Gasteiger partial charge < -0.3 is 0 Å². The van der Waals surface area contributed by atoms with Crippen LogP contribution < -0.4 is 0 Å². The molecular weight excluding hydrogens is 516 g/mol. The molecule has 0 saturated heterocycles. The van der Waals surface area contributed by atoms with Gasteiger partial charge in [-0.1, -0.05) is 220 Å². The Morgan fingerprint density at radius 2 is 0.442 bits per heavy atom. The fourth-order valence-corrected chi connectivity index (χ4v) is 8.26. The van der Waals surface area contributed by atoms with Crippen LogP contribution in [0.15, 0.2) is 0 Å². The molecule has 0 amide bonds. The van der Waals surface area contributed by atoms with E-state index in [1.807, 2.05) is 0 Å². The van der Waals surface area contributed by atoms with E-state index in [9.17, 15) is 0 Å². The standard InChI is InChI=1S/C30H54.13CH4/c1-3-24-8-10-26(11-9-24)21-28-16-18-30(19-17-28)22-29-14-12-27(13-15-29)20-25-6-4-23(2)5-7-25;;;;;;;;;;;;;/h23-30H,3-22H2,1-2H3;13*1H4. The maximum atomic E-state index is 2.46. The van der Waals surface area contributed by atoms with Gasteiger partial charge in [0.15, 0.2) is 0 Å². The minimum absolute atomic E-state index is 0. The van der Waals surface area contributed by atoms with Gasteiger partial charge in [0.05, 0.1) is 0 Å². The van der Waals surface area contributed by atoms with Crippen LogP contribution in [0, 0.1) is 47.3 Å². The number of hydrogen-bond donors (Lipinski definition) is 0. The monoisotopic (exact) mass is 623 g/mol. The minimum atomic E-state index is 0. The Kier molecular flexibility index (Phi) is 59.1. The summed E-state index contributed by atoms with van der Waals surface area (Å²) >= 11 is 0. The van der Waals surface area contributed by atoms with E-state index >= 15 is 0 Å². The van der Waals surface area contributed by atoms with Crippen LogP contribution in [0.5, 0.6) is 0 Å². The third-order valence-corrected chi connectivity index (χ3v) is 10.6. The van der Waals surface area contributed by atoms with Crippen molar-refractivity contribution in [2.24, 2.45) is 47.3 Å². The average molecular weight is 623 g/mol. The van der Waals surface area contributed by atoms with Gasteiger partial charge in [0, 0.05) is 0 Å². The minimum Gasteiger partial charge on any atom is -0.0776 e. The van der Waals surface area contributed by atoms with Gasteiger partial charge in [-0.15, -0.1) is 0 Å². The van der Waals surface area contributed by atoms with E-state index in [0.29, 0.717) is 0 Å². The first-order valence-corrected chi connectivity index (χ1v) is 14.7. The van der Waals surface area contributed by atoms with Crippen molar-refractivity contribution in [3.05, 3.63) is 0 Å². The molecule has 0 nitrogen and oxygen atoms in total. The Bertz CT molecular complexity index is 448. The maximum Gasteiger partial charge on any atom is -0.0411 e. The van der Waals surface area contributed by atoms with Crippen LogP contribution in [-0.2, 0) is 0 Å². The van der Waals surface area contributed by atoms with Gasteiger partial charge in [-0.25, -0.2) is 0 Å². The van der Waals surface area contributed by atoms with E-state index in [4.69, 9.17) is 0 Å². The number of hydrogen-bond acceptors (Lipinski definition) is 0. The number of rotatable bonds is 7. The summed E-state index contributed by atoms with van der Waals surface area (Å²) < 4.78 is 0. The molecule has 4 saturated carbocycles. The lowest BCUT2D eigenvalue weighted by Crippen LogP contribution is -2.24. The smallest absolute Gasteiger partial charge is 0.0411 e. The third kappa shape index (κ3) is 23.0. The van der Waals surface area contributed by atoms with Crippen molar-refractivity contribution in [2.75, 3.05) is 0 Å². The zero-order chi connectivity index (χ0) is 20.8. The molecule has 0 aromatic rings. The summed E-state index contributed by atoms with van der Waals surface area (Å²) in [5, 5.41) is 0. The summed E-state index contributed by atoms with van der Waals surface area (Å²) in [4.78, 5) is 0. The van der Waals surface area contributed by atoms with Crippen LogP contribution in [-0.4, -0.2) is 0 Å². The van der Waals surface area contributed by atoms with Crippen LogP contribution in [0.2, 0.25) is 0 Å². The molecule has 0 radical (unpaired) electrons. The van der Waals surface area contributed by atoms with Crippen molar-refractivity contribution in [2.45, 2.75) is 239 Å². The van der Waals surface area contributed by atoms with E-state index in [1.165, 1.54) is 19.3 Å². The molecule has 0 heterocycles. The summed E-state index contributed by atoms with van der Waals surface area (Å²) in [5.74, 6) is 8.65. The second-order valence-corrected chi connectivity index (χ2v) is 12.9. The Hall–Kier alpha value is 0. The van der Waals surface area contributed by atoms with Crippen molar-refractivity contribution in [3.8, 4) is 0 Å². The fraction of sp³-hybridized carbons (Fsp3) is 1.00. The molecule has 4 aliphatic carbocycles. The summed E-state index contributed by atoms with van der Waals surface area (Å²) in [7, 11) is 0. The highest BCUT2D eigenvalue weighted by Gasteiger charge is 2.30. The molecule has 4 aliphatic rings. The van der Waals surface area contributed by atoms with Gasteiger partial charge >= 0.3 is 0 Å². The lowest BCUT2D eigenvalue weighted by atomic mass is 9.69. The fourth-order valence-electron chi connectivity index (χ4n) is 8.26. The Labute approximate surface area is 285 Å². The van der Waals surface area contributed by atoms with Crippen molar-refractivity contribution in [1.82, 2.24) is 0 Å². The molecule has 0 N–H and O–H groups in total. The Morgan fingerprint density at radius 1 is 0.279 bits per heavy atom. The van der Waals surface area contributed by atoms with E-state index in [1.54, 1.807) is 109 Å².